The Morgan fingerprint density at radius 2 is 1.38 bits per heavy atom. The van der Waals surface area contributed by atoms with Gasteiger partial charge in [-0.15, -0.1) is 0 Å². The standard InChI is InChI=1S/C18H27BrClN/c19-15-12-13-18(17(20)14-15)21-16-10-8-6-4-2-1-3-5-7-9-11-16/h12-14,16,21H,1-11H2. The number of anilines is 1. The van der Waals surface area contributed by atoms with Crippen molar-refractivity contribution < 1.29 is 0 Å². The minimum atomic E-state index is 0.572. The molecule has 0 radical (unpaired) electrons. The van der Waals surface area contributed by atoms with E-state index in [1.807, 2.05) is 6.07 Å². The Labute approximate surface area is 143 Å². The Hall–Kier alpha value is -0.210. The molecule has 1 aromatic carbocycles. The molecule has 0 aromatic heterocycles. The molecule has 118 valence electrons. The van der Waals surface area contributed by atoms with Crippen LogP contribution in [-0.4, -0.2) is 6.04 Å². The molecule has 1 N–H and O–H groups in total. The van der Waals surface area contributed by atoms with Crippen molar-refractivity contribution in [1.82, 2.24) is 0 Å². The second-order valence-electron chi connectivity index (χ2n) is 6.22. The van der Waals surface area contributed by atoms with Crippen LogP contribution in [0.4, 0.5) is 5.69 Å². The molecule has 0 aliphatic heterocycles. The van der Waals surface area contributed by atoms with Gasteiger partial charge in [-0.3, -0.25) is 0 Å². The Kier molecular flexibility index (Phi) is 7.95. The highest BCUT2D eigenvalue weighted by Crippen LogP contribution is 2.28. The van der Waals surface area contributed by atoms with E-state index in [1.165, 1.54) is 70.6 Å². The summed E-state index contributed by atoms with van der Waals surface area (Å²) in [6, 6.07) is 6.69. The highest BCUT2D eigenvalue weighted by atomic mass is 79.9. The maximum Gasteiger partial charge on any atom is 0.0648 e. The van der Waals surface area contributed by atoms with Crippen LogP contribution in [0.15, 0.2) is 22.7 Å². The third kappa shape index (κ3) is 6.61. The molecule has 0 unspecified atom stereocenters. The van der Waals surface area contributed by atoms with Gasteiger partial charge in [-0.2, -0.15) is 0 Å². The molecule has 0 atom stereocenters. The van der Waals surface area contributed by atoms with Gasteiger partial charge < -0.3 is 5.32 Å². The first-order chi connectivity index (χ1) is 10.3. The minimum absolute atomic E-state index is 0.572. The molecular weight excluding hydrogens is 346 g/mol. The van der Waals surface area contributed by atoms with Crippen molar-refractivity contribution in [2.45, 2.75) is 76.7 Å². The molecule has 1 fully saturated rings. The van der Waals surface area contributed by atoms with Gasteiger partial charge in [-0.1, -0.05) is 85.3 Å². The molecule has 21 heavy (non-hydrogen) atoms. The molecule has 0 amide bonds. The van der Waals surface area contributed by atoms with Crippen LogP contribution in [0.1, 0.15) is 70.6 Å². The molecule has 1 aliphatic rings. The van der Waals surface area contributed by atoms with Gasteiger partial charge in [0, 0.05) is 10.5 Å². The first kappa shape index (κ1) is 17.1. The normalized spacial score (nSPS) is 19.5. The fraction of sp³-hybridized carbons (Fsp3) is 0.667. The summed E-state index contributed by atoms with van der Waals surface area (Å²) < 4.78 is 1.04. The molecule has 0 saturated heterocycles. The van der Waals surface area contributed by atoms with E-state index in [2.05, 4.69) is 33.4 Å². The van der Waals surface area contributed by atoms with Crippen LogP contribution in [0.25, 0.3) is 0 Å². The van der Waals surface area contributed by atoms with Gasteiger partial charge in [0.1, 0.15) is 0 Å². The van der Waals surface area contributed by atoms with E-state index in [0.717, 1.165) is 15.2 Å². The van der Waals surface area contributed by atoms with Gasteiger partial charge in [-0.25, -0.2) is 0 Å². The molecule has 0 spiro atoms. The lowest BCUT2D eigenvalue weighted by Crippen LogP contribution is -2.19. The predicted molar refractivity (Wildman–Crippen MR) is 97.3 cm³/mol. The fourth-order valence-corrected chi connectivity index (χ4v) is 3.86. The van der Waals surface area contributed by atoms with E-state index in [1.54, 1.807) is 0 Å². The summed E-state index contributed by atoms with van der Waals surface area (Å²) in [6.45, 7) is 0. The van der Waals surface area contributed by atoms with Crippen LogP contribution >= 0.6 is 27.5 Å². The van der Waals surface area contributed by atoms with Crippen molar-refractivity contribution in [2.24, 2.45) is 0 Å². The maximum atomic E-state index is 6.34. The summed E-state index contributed by atoms with van der Waals surface area (Å²) >= 11 is 9.80. The summed E-state index contributed by atoms with van der Waals surface area (Å²) in [5, 5.41) is 4.49. The van der Waals surface area contributed by atoms with Crippen LogP contribution in [0, 0.1) is 0 Å². The first-order valence-electron chi connectivity index (χ1n) is 8.47. The molecule has 1 saturated carbocycles. The highest BCUT2D eigenvalue weighted by molar-refractivity contribution is 9.10. The van der Waals surface area contributed by atoms with Gasteiger partial charge >= 0.3 is 0 Å². The predicted octanol–water partition coefficient (Wildman–Crippen LogP) is 7.19. The third-order valence-electron chi connectivity index (χ3n) is 4.40. The van der Waals surface area contributed by atoms with Gasteiger partial charge in [0.15, 0.2) is 0 Å². The maximum absolute atomic E-state index is 6.34. The topological polar surface area (TPSA) is 12.0 Å². The van der Waals surface area contributed by atoms with Gasteiger partial charge in [-0.05, 0) is 31.0 Å². The van der Waals surface area contributed by atoms with Crippen LogP contribution in [0.2, 0.25) is 5.02 Å². The number of hydrogen-bond acceptors (Lipinski definition) is 1. The van der Waals surface area contributed by atoms with Crippen molar-refractivity contribution in [3.05, 3.63) is 27.7 Å². The molecule has 2 rings (SSSR count). The summed E-state index contributed by atoms with van der Waals surface area (Å²) in [6.07, 6.45) is 15.1. The average molecular weight is 373 g/mol. The zero-order valence-electron chi connectivity index (χ0n) is 12.8. The number of halogens is 2. The lowest BCUT2D eigenvalue weighted by molar-refractivity contribution is 0.480. The second-order valence-corrected chi connectivity index (χ2v) is 7.55. The Morgan fingerprint density at radius 1 is 0.857 bits per heavy atom. The van der Waals surface area contributed by atoms with E-state index < -0.39 is 0 Å². The zero-order chi connectivity index (χ0) is 14.9. The zero-order valence-corrected chi connectivity index (χ0v) is 15.2. The fourth-order valence-electron chi connectivity index (χ4n) is 3.13. The summed E-state index contributed by atoms with van der Waals surface area (Å²) in [5.41, 5.74) is 1.08. The molecule has 0 heterocycles. The SMILES string of the molecule is Clc1cc(Br)ccc1NC1CCCCCCCCCCC1. The highest BCUT2D eigenvalue weighted by Gasteiger charge is 2.11. The van der Waals surface area contributed by atoms with Crippen molar-refractivity contribution in [3.8, 4) is 0 Å². The number of benzene rings is 1. The third-order valence-corrected chi connectivity index (χ3v) is 5.20. The molecule has 3 heteroatoms. The van der Waals surface area contributed by atoms with E-state index in [-0.39, 0.29) is 0 Å². The molecule has 1 nitrogen and oxygen atoms in total. The Balaban J connectivity index is 1.90. The first-order valence-corrected chi connectivity index (χ1v) is 9.64. The van der Waals surface area contributed by atoms with Crippen LogP contribution in [-0.2, 0) is 0 Å². The molecular formula is C18H27BrClN. The summed E-state index contributed by atoms with van der Waals surface area (Å²) in [7, 11) is 0. The van der Waals surface area contributed by atoms with E-state index >= 15 is 0 Å². The number of hydrogen-bond donors (Lipinski definition) is 1. The van der Waals surface area contributed by atoms with Crippen molar-refractivity contribution in [3.63, 3.8) is 0 Å². The Bertz CT molecular complexity index is 410. The number of rotatable bonds is 2. The molecule has 0 bridgehead atoms. The quantitative estimate of drug-likeness (QED) is 0.579. The Morgan fingerprint density at radius 3 is 1.90 bits per heavy atom. The number of nitrogens with one attached hydrogen (secondary N) is 1. The average Bonchev–Trinajstić information content (AvgIpc) is 2.44. The van der Waals surface area contributed by atoms with Crippen LogP contribution in [0.3, 0.4) is 0 Å². The van der Waals surface area contributed by atoms with Crippen molar-refractivity contribution >= 4 is 33.2 Å². The van der Waals surface area contributed by atoms with Gasteiger partial charge in [0.2, 0.25) is 0 Å². The van der Waals surface area contributed by atoms with E-state index in [4.69, 9.17) is 11.6 Å². The van der Waals surface area contributed by atoms with Crippen molar-refractivity contribution in [1.29, 1.82) is 0 Å². The second kappa shape index (κ2) is 9.74. The molecule has 1 aliphatic carbocycles. The lowest BCUT2D eigenvalue weighted by Gasteiger charge is -2.21. The van der Waals surface area contributed by atoms with E-state index in [0.29, 0.717) is 6.04 Å². The molecule has 1 aromatic rings. The van der Waals surface area contributed by atoms with Gasteiger partial charge in [0.25, 0.3) is 0 Å². The lowest BCUT2D eigenvalue weighted by atomic mass is 9.98. The van der Waals surface area contributed by atoms with Crippen LogP contribution < -0.4 is 5.32 Å². The summed E-state index contributed by atoms with van der Waals surface area (Å²) in [5.74, 6) is 0. The van der Waals surface area contributed by atoms with Crippen molar-refractivity contribution in [2.75, 3.05) is 5.32 Å². The monoisotopic (exact) mass is 371 g/mol. The van der Waals surface area contributed by atoms with E-state index in [9.17, 15) is 0 Å². The smallest absolute Gasteiger partial charge is 0.0648 e. The largest absolute Gasteiger partial charge is 0.381 e. The van der Waals surface area contributed by atoms with Gasteiger partial charge in [0.05, 0.1) is 10.7 Å². The van der Waals surface area contributed by atoms with Crippen LogP contribution in [0.5, 0.6) is 0 Å². The summed E-state index contributed by atoms with van der Waals surface area (Å²) in [4.78, 5) is 0. The minimum Gasteiger partial charge on any atom is -0.381 e.